The fourth-order valence-corrected chi connectivity index (χ4v) is 3.92. The van der Waals surface area contributed by atoms with E-state index in [1.165, 1.54) is 25.9 Å². The molecular weight excluding hydrogens is 298 g/mol. The van der Waals surface area contributed by atoms with E-state index in [-0.39, 0.29) is 5.91 Å². The van der Waals surface area contributed by atoms with Crippen LogP contribution in [0.4, 0.5) is 5.69 Å². The highest BCUT2D eigenvalue weighted by Gasteiger charge is 2.38. The lowest BCUT2D eigenvalue weighted by Gasteiger charge is -2.49. The standard InChI is InChI=1S/C20H23N3O/c24-20(17-7-3-1-4-8-17)21-23(18-9-5-2-6-10-18)19-15-22-13-11-16(19)12-14-22/h1-10,16,19H,11-15H2,(H,21,24). The van der Waals surface area contributed by atoms with Crippen LogP contribution in [0.15, 0.2) is 60.7 Å². The third-order valence-electron chi connectivity index (χ3n) is 5.25. The molecule has 24 heavy (non-hydrogen) atoms. The molecule has 124 valence electrons. The number of carbonyl (C=O) groups is 1. The highest BCUT2D eigenvalue weighted by Crippen LogP contribution is 2.32. The van der Waals surface area contributed by atoms with Crippen molar-refractivity contribution in [3.8, 4) is 0 Å². The van der Waals surface area contributed by atoms with E-state index in [9.17, 15) is 4.79 Å². The first kappa shape index (κ1) is 15.2. The minimum Gasteiger partial charge on any atom is -0.301 e. The predicted octanol–water partition coefficient (Wildman–Crippen LogP) is 2.93. The van der Waals surface area contributed by atoms with Gasteiger partial charge in [0.1, 0.15) is 0 Å². The first-order valence-corrected chi connectivity index (χ1v) is 8.74. The molecule has 0 spiro atoms. The monoisotopic (exact) mass is 321 g/mol. The molecule has 4 heteroatoms. The first-order valence-electron chi connectivity index (χ1n) is 8.74. The zero-order valence-electron chi connectivity index (χ0n) is 13.8. The van der Waals surface area contributed by atoms with Gasteiger partial charge in [-0.25, -0.2) is 0 Å². The smallest absolute Gasteiger partial charge is 0.269 e. The molecule has 3 fully saturated rings. The van der Waals surface area contributed by atoms with Gasteiger partial charge in [0.2, 0.25) is 0 Å². The fraction of sp³-hybridized carbons (Fsp3) is 0.350. The maximum atomic E-state index is 12.7. The van der Waals surface area contributed by atoms with E-state index in [4.69, 9.17) is 0 Å². The van der Waals surface area contributed by atoms with Crippen LogP contribution in [0.1, 0.15) is 23.2 Å². The lowest BCUT2D eigenvalue weighted by molar-refractivity contribution is 0.0745. The van der Waals surface area contributed by atoms with Crippen molar-refractivity contribution in [1.29, 1.82) is 0 Å². The fourth-order valence-electron chi connectivity index (χ4n) is 3.92. The lowest BCUT2D eigenvalue weighted by Crippen LogP contribution is -2.62. The number of benzene rings is 2. The summed E-state index contributed by atoms with van der Waals surface area (Å²) in [7, 11) is 0. The first-order chi connectivity index (χ1) is 11.8. The van der Waals surface area contributed by atoms with Crippen LogP contribution in [0.2, 0.25) is 0 Å². The van der Waals surface area contributed by atoms with Gasteiger partial charge in [-0.05, 0) is 56.1 Å². The molecule has 3 aliphatic rings. The number of amides is 1. The summed E-state index contributed by atoms with van der Waals surface area (Å²) in [6.45, 7) is 3.40. The number of anilines is 1. The predicted molar refractivity (Wildman–Crippen MR) is 95.8 cm³/mol. The Bertz CT molecular complexity index is 681. The molecular formula is C20H23N3O. The SMILES string of the molecule is O=C(NN(c1ccccc1)C1CN2CCC1CC2)c1ccccc1. The van der Waals surface area contributed by atoms with Gasteiger partial charge in [-0.1, -0.05) is 36.4 Å². The molecule has 4 nitrogen and oxygen atoms in total. The van der Waals surface area contributed by atoms with Crippen molar-refractivity contribution in [2.24, 2.45) is 5.92 Å². The third-order valence-corrected chi connectivity index (χ3v) is 5.25. The van der Waals surface area contributed by atoms with Gasteiger partial charge >= 0.3 is 0 Å². The number of nitrogens with one attached hydrogen (secondary N) is 1. The summed E-state index contributed by atoms with van der Waals surface area (Å²) in [5.41, 5.74) is 4.92. The van der Waals surface area contributed by atoms with E-state index in [1.54, 1.807) is 0 Å². The number of hydrogen-bond acceptors (Lipinski definition) is 3. The van der Waals surface area contributed by atoms with Crippen molar-refractivity contribution in [2.75, 3.05) is 24.6 Å². The molecule has 3 heterocycles. The van der Waals surface area contributed by atoms with E-state index >= 15 is 0 Å². The van der Waals surface area contributed by atoms with Crippen LogP contribution in [0.3, 0.4) is 0 Å². The van der Waals surface area contributed by atoms with Gasteiger partial charge in [0.25, 0.3) is 5.91 Å². The molecule has 2 bridgehead atoms. The Labute approximate surface area is 143 Å². The number of para-hydroxylation sites is 1. The summed E-state index contributed by atoms with van der Waals surface area (Å²) in [6, 6.07) is 20.0. The van der Waals surface area contributed by atoms with Crippen LogP contribution >= 0.6 is 0 Å². The van der Waals surface area contributed by atoms with Gasteiger partial charge in [-0.15, -0.1) is 0 Å². The summed E-state index contributed by atoms with van der Waals surface area (Å²) in [4.78, 5) is 15.2. The minimum absolute atomic E-state index is 0.0455. The molecule has 0 aliphatic carbocycles. The number of fused-ring (bicyclic) bond motifs is 3. The van der Waals surface area contributed by atoms with Crippen LogP contribution in [-0.4, -0.2) is 36.5 Å². The van der Waals surface area contributed by atoms with E-state index in [2.05, 4.69) is 27.5 Å². The van der Waals surface area contributed by atoms with E-state index in [1.807, 2.05) is 48.5 Å². The average molecular weight is 321 g/mol. The number of nitrogens with zero attached hydrogens (tertiary/aromatic N) is 2. The van der Waals surface area contributed by atoms with Crippen LogP contribution in [0.5, 0.6) is 0 Å². The van der Waals surface area contributed by atoms with Crippen LogP contribution in [0, 0.1) is 5.92 Å². The van der Waals surface area contributed by atoms with E-state index in [0.717, 1.165) is 12.2 Å². The Morgan fingerprint density at radius 2 is 1.58 bits per heavy atom. The minimum atomic E-state index is -0.0455. The summed E-state index contributed by atoms with van der Waals surface area (Å²) >= 11 is 0. The van der Waals surface area contributed by atoms with Crippen molar-refractivity contribution in [2.45, 2.75) is 18.9 Å². The van der Waals surface area contributed by atoms with E-state index < -0.39 is 0 Å². The molecule has 3 saturated heterocycles. The largest absolute Gasteiger partial charge is 0.301 e. The number of rotatable bonds is 4. The van der Waals surface area contributed by atoms with Crippen molar-refractivity contribution < 1.29 is 4.79 Å². The van der Waals surface area contributed by atoms with Gasteiger partial charge in [-0.2, -0.15) is 0 Å². The van der Waals surface area contributed by atoms with Crippen molar-refractivity contribution in [3.05, 3.63) is 66.2 Å². The number of carbonyl (C=O) groups excluding carboxylic acids is 1. The molecule has 1 N–H and O–H groups in total. The highest BCUT2D eigenvalue weighted by molar-refractivity contribution is 5.95. The highest BCUT2D eigenvalue weighted by atomic mass is 16.2. The summed E-state index contributed by atoms with van der Waals surface area (Å²) in [6.07, 6.45) is 2.43. The Morgan fingerprint density at radius 1 is 0.958 bits per heavy atom. The number of piperidine rings is 3. The average Bonchev–Trinajstić information content (AvgIpc) is 2.68. The number of hydrazine groups is 1. The molecule has 0 aromatic heterocycles. The lowest BCUT2D eigenvalue weighted by atomic mass is 9.83. The Morgan fingerprint density at radius 3 is 2.17 bits per heavy atom. The number of hydrogen-bond donors (Lipinski definition) is 1. The normalized spacial score (nSPS) is 25.2. The summed E-state index contributed by atoms with van der Waals surface area (Å²) in [5, 5.41) is 2.10. The van der Waals surface area contributed by atoms with Gasteiger partial charge in [0.05, 0.1) is 11.7 Å². The molecule has 1 unspecified atom stereocenters. The van der Waals surface area contributed by atoms with Crippen molar-refractivity contribution >= 4 is 11.6 Å². The second-order valence-electron chi connectivity index (χ2n) is 6.72. The van der Waals surface area contributed by atoms with Gasteiger partial charge in [-0.3, -0.25) is 15.2 Å². The topological polar surface area (TPSA) is 35.6 Å². The molecule has 2 aromatic carbocycles. The van der Waals surface area contributed by atoms with E-state index in [0.29, 0.717) is 17.5 Å². The third kappa shape index (κ3) is 3.02. The molecule has 2 aromatic rings. The maximum Gasteiger partial charge on any atom is 0.269 e. The Hall–Kier alpha value is -2.33. The summed E-state index contributed by atoms with van der Waals surface area (Å²) in [5.74, 6) is 0.599. The van der Waals surface area contributed by atoms with Crippen LogP contribution in [0.25, 0.3) is 0 Å². The maximum absolute atomic E-state index is 12.7. The van der Waals surface area contributed by atoms with Crippen LogP contribution < -0.4 is 10.4 Å². The molecule has 1 amide bonds. The zero-order valence-corrected chi connectivity index (χ0v) is 13.8. The molecule has 0 saturated carbocycles. The second kappa shape index (κ2) is 6.65. The quantitative estimate of drug-likeness (QED) is 0.880. The summed E-state index contributed by atoms with van der Waals surface area (Å²) < 4.78 is 0. The second-order valence-corrected chi connectivity index (χ2v) is 6.72. The van der Waals surface area contributed by atoms with Gasteiger partial charge in [0.15, 0.2) is 0 Å². The Kier molecular flexibility index (Phi) is 4.22. The molecule has 0 radical (unpaired) electrons. The van der Waals surface area contributed by atoms with Crippen molar-refractivity contribution in [1.82, 2.24) is 10.3 Å². The van der Waals surface area contributed by atoms with Crippen LogP contribution in [-0.2, 0) is 0 Å². The van der Waals surface area contributed by atoms with Gasteiger partial charge < -0.3 is 4.90 Å². The zero-order chi connectivity index (χ0) is 16.4. The van der Waals surface area contributed by atoms with Gasteiger partial charge in [0, 0.05) is 12.1 Å². The molecule has 1 atom stereocenters. The Balaban J connectivity index is 1.60. The van der Waals surface area contributed by atoms with Crippen molar-refractivity contribution in [3.63, 3.8) is 0 Å². The molecule has 5 rings (SSSR count). The molecule has 3 aliphatic heterocycles.